The van der Waals surface area contributed by atoms with E-state index < -0.39 is 0 Å². The molecule has 1 unspecified atom stereocenters. The number of rotatable bonds is 2. The van der Waals surface area contributed by atoms with Crippen molar-refractivity contribution in [2.45, 2.75) is 6.42 Å². The van der Waals surface area contributed by atoms with Gasteiger partial charge in [-0.2, -0.15) is 0 Å². The first-order chi connectivity index (χ1) is 7.66. The Morgan fingerprint density at radius 2 is 2.38 bits per heavy atom. The van der Waals surface area contributed by atoms with Crippen LogP contribution in [0.2, 0.25) is 0 Å². The van der Waals surface area contributed by atoms with Crippen LogP contribution in [-0.4, -0.2) is 19.0 Å². The molecule has 1 amide bonds. The Morgan fingerprint density at radius 3 is 3.00 bits per heavy atom. The minimum Gasteiger partial charge on any atom is -0.326 e. The molecule has 1 atom stereocenters. The predicted molar refractivity (Wildman–Crippen MR) is 63.7 cm³/mol. The lowest BCUT2D eigenvalue weighted by Crippen LogP contribution is -2.24. The fourth-order valence-electron chi connectivity index (χ4n) is 1.70. The highest BCUT2D eigenvalue weighted by atomic mass is 79.9. The molecule has 1 aliphatic heterocycles. The van der Waals surface area contributed by atoms with Gasteiger partial charge in [-0.25, -0.2) is 4.39 Å². The van der Waals surface area contributed by atoms with E-state index in [9.17, 15) is 9.18 Å². The first-order valence-electron chi connectivity index (χ1n) is 5.13. The Balaban J connectivity index is 2.02. The van der Waals surface area contributed by atoms with Gasteiger partial charge in [0.05, 0.1) is 10.4 Å². The van der Waals surface area contributed by atoms with Crippen molar-refractivity contribution in [1.29, 1.82) is 0 Å². The van der Waals surface area contributed by atoms with Gasteiger partial charge in [-0.15, -0.1) is 0 Å². The van der Waals surface area contributed by atoms with E-state index in [1.165, 1.54) is 6.07 Å². The molecule has 1 aromatic rings. The number of carbonyl (C=O) groups excluding carboxylic acids is 1. The molecule has 0 radical (unpaired) electrons. The van der Waals surface area contributed by atoms with Crippen LogP contribution >= 0.6 is 15.9 Å². The van der Waals surface area contributed by atoms with E-state index in [-0.39, 0.29) is 17.6 Å². The van der Waals surface area contributed by atoms with Crippen LogP contribution < -0.4 is 10.6 Å². The zero-order valence-corrected chi connectivity index (χ0v) is 10.2. The molecule has 86 valence electrons. The Bertz CT molecular complexity index is 405. The van der Waals surface area contributed by atoms with E-state index in [4.69, 9.17) is 0 Å². The van der Waals surface area contributed by atoms with E-state index in [1.54, 1.807) is 12.1 Å². The monoisotopic (exact) mass is 286 g/mol. The molecule has 0 aromatic heterocycles. The van der Waals surface area contributed by atoms with Gasteiger partial charge in [-0.1, -0.05) is 0 Å². The summed E-state index contributed by atoms with van der Waals surface area (Å²) in [6, 6.07) is 4.57. The number of amides is 1. The summed E-state index contributed by atoms with van der Waals surface area (Å²) in [5.41, 5.74) is 0.498. The zero-order valence-electron chi connectivity index (χ0n) is 8.59. The quantitative estimate of drug-likeness (QED) is 0.875. The average Bonchev–Trinajstić information content (AvgIpc) is 2.77. The molecule has 2 N–H and O–H groups in total. The van der Waals surface area contributed by atoms with Gasteiger partial charge in [0.1, 0.15) is 5.82 Å². The van der Waals surface area contributed by atoms with Crippen LogP contribution in [-0.2, 0) is 4.79 Å². The van der Waals surface area contributed by atoms with Gasteiger partial charge in [0.15, 0.2) is 0 Å². The molecule has 1 heterocycles. The maximum atomic E-state index is 13.2. The summed E-state index contributed by atoms with van der Waals surface area (Å²) in [6.45, 7) is 1.57. The first-order valence-corrected chi connectivity index (χ1v) is 5.93. The Hall–Kier alpha value is -0.940. The lowest BCUT2D eigenvalue weighted by molar-refractivity contribution is -0.119. The molecule has 1 aliphatic rings. The largest absolute Gasteiger partial charge is 0.326 e. The smallest absolute Gasteiger partial charge is 0.228 e. The van der Waals surface area contributed by atoms with Gasteiger partial charge >= 0.3 is 0 Å². The summed E-state index contributed by atoms with van der Waals surface area (Å²) >= 11 is 3.06. The SMILES string of the molecule is O=C(Nc1ccc(Br)c(F)c1)C1CCNC1. The van der Waals surface area contributed by atoms with Crippen LogP contribution in [0.25, 0.3) is 0 Å². The molecular weight excluding hydrogens is 275 g/mol. The van der Waals surface area contributed by atoms with Gasteiger partial charge in [0.2, 0.25) is 5.91 Å². The molecular formula is C11H12BrFN2O. The number of carbonyl (C=O) groups is 1. The normalized spacial score (nSPS) is 19.8. The van der Waals surface area contributed by atoms with E-state index in [2.05, 4.69) is 26.6 Å². The molecule has 0 saturated carbocycles. The Kier molecular flexibility index (Phi) is 3.56. The number of halogens is 2. The fourth-order valence-corrected chi connectivity index (χ4v) is 1.94. The molecule has 0 spiro atoms. The highest BCUT2D eigenvalue weighted by Crippen LogP contribution is 2.20. The van der Waals surface area contributed by atoms with Crippen molar-refractivity contribution in [3.8, 4) is 0 Å². The van der Waals surface area contributed by atoms with E-state index in [1.807, 2.05) is 0 Å². The van der Waals surface area contributed by atoms with Crippen LogP contribution in [0.1, 0.15) is 6.42 Å². The zero-order chi connectivity index (χ0) is 11.5. The maximum absolute atomic E-state index is 13.2. The van der Waals surface area contributed by atoms with Crippen LogP contribution in [0.15, 0.2) is 22.7 Å². The number of nitrogens with one attached hydrogen (secondary N) is 2. The van der Waals surface area contributed by atoms with Crippen LogP contribution in [0.3, 0.4) is 0 Å². The number of hydrogen-bond acceptors (Lipinski definition) is 2. The van der Waals surface area contributed by atoms with Gasteiger partial charge in [0.25, 0.3) is 0 Å². The number of benzene rings is 1. The summed E-state index contributed by atoms with van der Waals surface area (Å²) < 4.78 is 13.6. The second-order valence-electron chi connectivity index (χ2n) is 3.81. The van der Waals surface area contributed by atoms with Crippen LogP contribution in [0, 0.1) is 11.7 Å². The van der Waals surface area contributed by atoms with Crippen molar-refractivity contribution in [3.63, 3.8) is 0 Å². The van der Waals surface area contributed by atoms with Crippen molar-refractivity contribution >= 4 is 27.5 Å². The van der Waals surface area contributed by atoms with E-state index in [0.29, 0.717) is 16.7 Å². The fraction of sp³-hybridized carbons (Fsp3) is 0.364. The third kappa shape index (κ3) is 2.59. The summed E-state index contributed by atoms with van der Waals surface area (Å²) in [6.07, 6.45) is 0.838. The van der Waals surface area contributed by atoms with Gasteiger partial charge < -0.3 is 10.6 Å². The van der Waals surface area contributed by atoms with Crippen molar-refractivity contribution in [3.05, 3.63) is 28.5 Å². The third-order valence-electron chi connectivity index (χ3n) is 2.62. The van der Waals surface area contributed by atoms with E-state index in [0.717, 1.165) is 13.0 Å². The molecule has 1 fully saturated rings. The molecule has 0 aliphatic carbocycles. The van der Waals surface area contributed by atoms with E-state index >= 15 is 0 Å². The van der Waals surface area contributed by atoms with Gasteiger partial charge in [0, 0.05) is 12.2 Å². The number of hydrogen-bond donors (Lipinski definition) is 2. The molecule has 5 heteroatoms. The van der Waals surface area contributed by atoms with Gasteiger partial charge in [-0.3, -0.25) is 4.79 Å². The molecule has 16 heavy (non-hydrogen) atoms. The van der Waals surface area contributed by atoms with Crippen molar-refractivity contribution in [1.82, 2.24) is 5.32 Å². The summed E-state index contributed by atoms with van der Waals surface area (Å²) in [5, 5.41) is 5.83. The summed E-state index contributed by atoms with van der Waals surface area (Å²) in [7, 11) is 0. The standard InChI is InChI=1S/C11H12BrFN2O/c12-9-2-1-8(5-10(9)13)15-11(16)7-3-4-14-6-7/h1-2,5,7,14H,3-4,6H2,(H,15,16). The molecule has 3 nitrogen and oxygen atoms in total. The second-order valence-corrected chi connectivity index (χ2v) is 4.66. The maximum Gasteiger partial charge on any atom is 0.228 e. The minimum atomic E-state index is -0.373. The lowest BCUT2D eigenvalue weighted by Gasteiger charge is -2.10. The second kappa shape index (κ2) is 4.93. The first kappa shape index (κ1) is 11.5. The molecule has 2 rings (SSSR count). The van der Waals surface area contributed by atoms with Crippen LogP contribution in [0.5, 0.6) is 0 Å². The Labute approximate surface area is 102 Å². The molecule has 1 saturated heterocycles. The number of anilines is 1. The van der Waals surface area contributed by atoms with Gasteiger partial charge in [-0.05, 0) is 47.1 Å². The highest BCUT2D eigenvalue weighted by molar-refractivity contribution is 9.10. The summed E-state index contributed by atoms with van der Waals surface area (Å²) in [5.74, 6) is -0.430. The van der Waals surface area contributed by atoms with Crippen molar-refractivity contribution < 1.29 is 9.18 Å². The van der Waals surface area contributed by atoms with Crippen molar-refractivity contribution in [2.24, 2.45) is 5.92 Å². The lowest BCUT2D eigenvalue weighted by atomic mass is 10.1. The van der Waals surface area contributed by atoms with Crippen LogP contribution in [0.4, 0.5) is 10.1 Å². The predicted octanol–water partition coefficient (Wildman–Crippen LogP) is 2.14. The molecule has 0 bridgehead atoms. The highest BCUT2D eigenvalue weighted by Gasteiger charge is 2.22. The summed E-state index contributed by atoms with van der Waals surface area (Å²) in [4.78, 5) is 11.7. The Morgan fingerprint density at radius 1 is 1.56 bits per heavy atom. The molecule has 1 aromatic carbocycles. The topological polar surface area (TPSA) is 41.1 Å². The minimum absolute atomic E-state index is 0.00768. The third-order valence-corrected chi connectivity index (χ3v) is 3.26. The van der Waals surface area contributed by atoms with Crippen molar-refractivity contribution in [2.75, 3.05) is 18.4 Å². The average molecular weight is 287 g/mol.